The highest BCUT2D eigenvalue weighted by atomic mass is 16.2. The van der Waals surface area contributed by atoms with E-state index in [4.69, 9.17) is 0 Å². The van der Waals surface area contributed by atoms with E-state index in [2.05, 4.69) is 22.8 Å². The van der Waals surface area contributed by atoms with Gasteiger partial charge in [0.25, 0.3) is 5.91 Å². The zero-order valence-corrected chi connectivity index (χ0v) is 9.19. The van der Waals surface area contributed by atoms with E-state index in [0.717, 1.165) is 24.8 Å². The van der Waals surface area contributed by atoms with Crippen LogP contribution in [0.4, 0.5) is 0 Å². The highest BCUT2D eigenvalue weighted by Crippen LogP contribution is 2.04. The van der Waals surface area contributed by atoms with E-state index in [1.807, 2.05) is 6.07 Å². The Morgan fingerprint density at radius 3 is 2.88 bits per heavy atom. The molecule has 0 aromatic carbocycles. The van der Waals surface area contributed by atoms with E-state index in [1.54, 1.807) is 12.3 Å². The molecule has 0 aliphatic heterocycles. The molecule has 2 N–H and O–H groups in total. The fourth-order valence-electron chi connectivity index (χ4n) is 1.25. The number of nitrogens with zero attached hydrogens (tertiary/aromatic N) is 1. The highest BCUT2D eigenvalue weighted by Gasteiger charge is 2.05. The maximum Gasteiger partial charge on any atom is 0.288 e. The molecule has 1 heterocycles. The van der Waals surface area contributed by atoms with Crippen molar-refractivity contribution in [1.29, 1.82) is 0 Å². The molecule has 0 atom stereocenters. The number of hydrogen-bond donors (Lipinski definition) is 2. The lowest BCUT2D eigenvalue weighted by molar-refractivity contribution is -0.110. The molecule has 0 fully saturated rings. The van der Waals surface area contributed by atoms with Gasteiger partial charge in [-0.2, -0.15) is 0 Å². The van der Waals surface area contributed by atoms with Crippen molar-refractivity contribution in [3.05, 3.63) is 29.6 Å². The number of rotatable bonds is 6. The molecule has 0 aliphatic carbocycles. The molecule has 5 heteroatoms. The van der Waals surface area contributed by atoms with Gasteiger partial charge in [0.2, 0.25) is 6.41 Å². The molecule has 1 rings (SSSR count). The predicted octanol–water partition coefficient (Wildman–Crippen LogP) is 0.815. The van der Waals surface area contributed by atoms with Crippen LogP contribution in [0.3, 0.4) is 0 Å². The summed E-state index contributed by atoms with van der Waals surface area (Å²) in [6.07, 6.45) is 5.29. The van der Waals surface area contributed by atoms with Gasteiger partial charge in [0.05, 0.1) is 0 Å². The lowest BCUT2D eigenvalue weighted by Crippen LogP contribution is -2.36. The van der Waals surface area contributed by atoms with Crippen LogP contribution in [0, 0.1) is 0 Å². The summed E-state index contributed by atoms with van der Waals surface area (Å²) in [4.78, 5) is 25.3. The topological polar surface area (TPSA) is 71.1 Å². The van der Waals surface area contributed by atoms with Crippen molar-refractivity contribution < 1.29 is 9.59 Å². The van der Waals surface area contributed by atoms with Crippen LogP contribution < -0.4 is 10.9 Å². The number of aromatic nitrogens is 1. The van der Waals surface area contributed by atoms with Gasteiger partial charge in [-0.3, -0.25) is 25.4 Å². The molecule has 0 spiro atoms. The van der Waals surface area contributed by atoms with Crippen molar-refractivity contribution in [2.45, 2.75) is 26.2 Å². The summed E-state index contributed by atoms with van der Waals surface area (Å²) in [5.74, 6) is -0.422. The van der Waals surface area contributed by atoms with E-state index in [9.17, 15) is 9.59 Å². The summed E-state index contributed by atoms with van der Waals surface area (Å²) in [7, 11) is 0. The fourth-order valence-corrected chi connectivity index (χ4v) is 1.25. The molecule has 86 valence electrons. The van der Waals surface area contributed by atoms with Gasteiger partial charge in [-0.05, 0) is 24.5 Å². The van der Waals surface area contributed by atoms with Gasteiger partial charge in [0.15, 0.2) is 0 Å². The molecular weight excluding hydrogens is 206 g/mol. The normalized spacial score (nSPS) is 9.56. The molecule has 0 unspecified atom stereocenters. The van der Waals surface area contributed by atoms with Gasteiger partial charge in [0.1, 0.15) is 5.69 Å². The summed E-state index contributed by atoms with van der Waals surface area (Å²) >= 11 is 0. The summed E-state index contributed by atoms with van der Waals surface area (Å²) in [5, 5.41) is 0. The average molecular weight is 221 g/mol. The minimum absolute atomic E-state index is 0.287. The van der Waals surface area contributed by atoms with Crippen molar-refractivity contribution in [2.75, 3.05) is 0 Å². The first-order chi connectivity index (χ1) is 7.77. The summed E-state index contributed by atoms with van der Waals surface area (Å²) in [6, 6.07) is 3.52. The van der Waals surface area contributed by atoms with E-state index in [-0.39, 0.29) is 5.69 Å². The molecule has 16 heavy (non-hydrogen) atoms. The SMILES string of the molecule is CCCCc1ccc(C(=O)NNC=O)nc1. The number of unbranched alkanes of at least 4 members (excludes halogenated alkanes) is 1. The smallest absolute Gasteiger partial charge is 0.277 e. The number of hydrazine groups is 1. The van der Waals surface area contributed by atoms with Crippen molar-refractivity contribution in [1.82, 2.24) is 15.8 Å². The van der Waals surface area contributed by atoms with E-state index < -0.39 is 5.91 Å². The van der Waals surface area contributed by atoms with Crippen LogP contribution in [0.5, 0.6) is 0 Å². The summed E-state index contributed by atoms with van der Waals surface area (Å²) < 4.78 is 0. The standard InChI is InChI=1S/C11H15N3O2/c1-2-3-4-9-5-6-10(12-7-9)11(16)14-13-8-15/h5-8H,2-4H2,1H3,(H,13,15)(H,14,16). The van der Waals surface area contributed by atoms with E-state index >= 15 is 0 Å². The van der Waals surface area contributed by atoms with Crippen molar-refractivity contribution in [3.63, 3.8) is 0 Å². The Kier molecular flexibility index (Phi) is 4.98. The monoisotopic (exact) mass is 221 g/mol. The van der Waals surface area contributed by atoms with Gasteiger partial charge in [-0.15, -0.1) is 0 Å². The zero-order valence-electron chi connectivity index (χ0n) is 9.19. The molecule has 1 aromatic rings. The Morgan fingerprint density at radius 1 is 1.50 bits per heavy atom. The Balaban J connectivity index is 2.56. The van der Waals surface area contributed by atoms with Crippen LogP contribution in [0.15, 0.2) is 18.3 Å². The molecule has 0 aliphatic rings. The van der Waals surface area contributed by atoms with Crippen molar-refractivity contribution in [2.24, 2.45) is 0 Å². The first-order valence-electron chi connectivity index (χ1n) is 5.22. The van der Waals surface area contributed by atoms with Crippen molar-refractivity contribution in [3.8, 4) is 0 Å². The largest absolute Gasteiger partial charge is 0.288 e. The predicted molar refractivity (Wildman–Crippen MR) is 59.5 cm³/mol. The van der Waals surface area contributed by atoms with Crippen LogP contribution in [-0.4, -0.2) is 17.3 Å². The van der Waals surface area contributed by atoms with Gasteiger partial charge in [0, 0.05) is 6.20 Å². The molecule has 0 saturated heterocycles. The van der Waals surface area contributed by atoms with Crippen LogP contribution in [-0.2, 0) is 11.2 Å². The van der Waals surface area contributed by atoms with Crippen LogP contribution in [0.25, 0.3) is 0 Å². The van der Waals surface area contributed by atoms with E-state index in [1.165, 1.54) is 0 Å². The Morgan fingerprint density at radius 2 is 2.31 bits per heavy atom. The van der Waals surface area contributed by atoms with Crippen LogP contribution >= 0.6 is 0 Å². The quantitative estimate of drug-likeness (QED) is 0.551. The number of aryl methyl sites for hydroxylation is 1. The number of carbonyl (C=O) groups excluding carboxylic acids is 2. The fraction of sp³-hybridized carbons (Fsp3) is 0.364. The van der Waals surface area contributed by atoms with Gasteiger partial charge in [-0.1, -0.05) is 19.4 Å². The maximum absolute atomic E-state index is 11.3. The third kappa shape index (κ3) is 3.68. The lowest BCUT2D eigenvalue weighted by atomic mass is 10.1. The molecule has 1 aromatic heterocycles. The average Bonchev–Trinajstić information content (AvgIpc) is 2.34. The molecule has 5 nitrogen and oxygen atoms in total. The second-order valence-corrected chi connectivity index (χ2v) is 3.37. The Labute approximate surface area is 94.2 Å². The molecule has 2 amide bonds. The number of pyridine rings is 1. The van der Waals surface area contributed by atoms with Crippen molar-refractivity contribution >= 4 is 12.3 Å². The summed E-state index contributed by atoms with van der Waals surface area (Å²) in [5.41, 5.74) is 5.67. The van der Waals surface area contributed by atoms with Gasteiger partial charge >= 0.3 is 0 Å². The molecule has 0 bridgehead atoms. The van der Waals surface area contributed by atoms with Crippen LogP contribution in [0.1, 0.15) is 35.8 Å². The third-order valence-electron chi connectivity index (χ3n) is 2.12. The van der Waals surface area contributed by atoms with Gasteiger partial charge in [-0.25, -0.2) is 0 Å². The minimum atomic E-state index is -0.422. The summed E-state index contributed by atoms with van der Waals surface area (Å²) in [6.45, 7) is 2.13. The molecule has 0 radical (unpaired) electrons. The Hall–Kier alpha value is -1.91. The Bertz CT molecular complexity index is 349. The number of nitrogens with one attached hydrogen (secondary N) is 2. The number of carbonyl (C=O) groups is 2. The van der Waals surface area contributed by atoms with Gasteiger partial charge < -0.3 is 0 Å². The second-order valence-electron chi connectivity index (χ2n) is 3.37. The highest BCUT2D eigenvalue weighted by molar-refractivity contribution is 5.92. The molecule has 0 saturated carbocycles. The number of hydrogen-bond acceptors (Lipinski definition) is 3. The first-order valence-corrected chi connectivity index (χ1v) is 5.22. The second kappa shape index (κ2) is 6.55. The van der Waals surface area contributed by atoms with Crippen LogP contribution in [0.2, 0.25) is 0 Å². The minimum Gasteiger partial charge on any atom is -0.277 e. The number of amides is 2. The lowest BCUT2D eigenvalue weighted by Gasteiger charge is -2.03. The maximum atomic E-state index is 11.3. The molecular formula is C11H15N3O2. The van der Waals surface area contributed by atoms with E-state index in [0.29, 0.717) is 6.41 Å². The first kappa shape index (κ1) is 12.2. The third-order valence-corrected chi connectivity index (χ3v) is 2.12. The zero-order chi connectivity index (χ0) is 11.8.